The first-order chi connectivity index (χ1) is 21.4. The Morgan fingerprint density at radius 2 is 1.24 bits per heavy atom. The van der Waals surface area contributed by atoms with Crippen molar-refractivity contribution in [2.75, 3.05) is 19.8 Å². The van der Waals surface area contributed by atoms with Crippen LogP contribution < -0.4 is 4.74 Å². The molecule has 1 aliphatic heterocycles. The van der Waals surface area contributed by atoms with Crippen molar-refractivity contribution in [1.29, 1.82) is 0 Å². The van der Waals surface area contributed by atoms with Crippen LogP contribution >= 0.6 is 0 Å². The van der Waals surface area contributed by atoms with Crippen LogP contribution in [0.2, 0.25) is 0 Å². The molecule has 0 unspecified atom stereocenters. The van der Waals surface area contributed by atoms with Crippen LogP contribution in [0.15, 0.2) is 60.7 Å². The molecule has 0 saturated carbocycles. The lowest BCUT2D eigenvalue weighted by Gasteiger charge is -2.30. The van der Waals surface area contributed by atoms with Gasteiger partial charge in [0, 0.05) is 29.4 Å². The summed E-state index contributed by atoms with van der Waals surface area (Å²) in [7, 11) is 0. The SMILES string of the molecule is CCCOC1COC(c2cc(F)c(C(F)(F)Oc3ccc(-c4ccc(-c5cc(F)c(F)c(F)c5)c(F)c4)c(F)c3)c(F)c2)OC1. The van der Waals surface area contributed by atoms with Gasteiger partial charge in [-0.2, -0.15) is 8.78 Å². The lowest BCUT2D eigenvalue weighted by Crippen LogP contribution is -2.34. The zero-order valence-electron chi connectivity index (χ0n) is 23.3. The second-order valence-corrected chi connectivity index (χ2v) is 10.1. The van der Waals surface area contributed by atoms with E-state index < -0.39 is 70.5 Å². The summed E-state index contributed by atoms with van der Waals surface area (Å²) in [5, 5.41) is 0. The molecule has 0 spiro atoms. The fourth-order valence-electron chi connectivity index (χ4n) is 4.69. The molecule has 0 aromatic heterocycles. The highest BCUT2D eigenvalue weighted by Crippen LogP contribution is 2.39. The minimum Gasteiger partial charge on any atom is -0.429 e. The highest BCUT2D eigenvalue weighted by Gasteiger charge is 2.42. The second kappa shape index (κ2) is 13.1. The van der Waals surface area contributed by atoms with Crippen molar-refractivity contribution in [2.24, 2.45) is 0 Å². The minimum absolute atomic E-state index is 0.0570. The number of halogens is 9. The van der Waals surface area contributed by atoms with Crippen LogP contribution in [0.4, 0.5) is 39.5 Å². The van der Waals surface area contributed by atoms with Gasteiger partial charge in [0.1, 0.15) is 40.7 Å². The Morgan fingerprint density at radius 1 is 0.689 bits per heavy atom. The van der Waals surface area contributed by atoms with E-state index >= 15 is 0 Å². The normalized spacial score (nSPS) is 17.0. The number of rotatable bonds is 9. The first-order valence-corrected chi connectivity index (χ1v) is 13.5. The maximum absolute atomic E-state index is 15.0. The van der Waals surface area contributed by atoms with Crippen molar-refractivity contribution in [1.82, 2.24) is 0 Å². The molecule has 4 nitrogen and oxygen atoms in total. The summed E-state index contributed by atoms with van der Waals surface area (Å²) in [5.74, 6) is -11.2. The molecule has 238 valence electrons. The number of alkyl halides is 2. The van der Waals surface area contributed by atoms with Gasteiger partial charge in [0.25, 0.3) is 0 Å². The molecular formula is C32H23F9O4. The van der Waals surface area contributed by atoms with Crippen LogP contribution in [0.1, 0.15) is 30.8 Å². The van der Waals surface area contributed by atoms with E-state index in [1.54, 1.807) is 0 Å². The lowest BCUT2D eigenvalue weighted by molar-refractivity contribution is -0.230. The van der Waals surface area contributed by atoms with Crippen molar-refractivity contribution in [2.45, 2.75) is 31.8 Å². The molecule has 0 radical (unpaired) electrons. The molecule has 45 heavy (non-hydrogen) atoms. The fourth-order valence-corrected chi connectivity index (χ4v) is 4.69. The van der Waals surface area contributed by atoms with Crippen molar-refractivity contribution < 1.29 is 58.5 Å². The van der Waals surface area contributed by atoms with E-state index in [0.29, 0.717) is 36.9 Å². The predicted octanol–water partition coefficient (Wildman–Crippen LogP) is 8.96. The van der Waals surface area contributed by atoms with Crippen LogP contribution in [0.3, 0.4) is 0 Å². The Labute approximate surface area is 250 Å². The molecule has 4 aromatic carbocycles. The summed E-state index contributed by atoms with van der Waals surface area (Å²) in [6.07, 6.45) is -5.46. The van der Waals surface area contributed by atoms with Crippen molar-refractivity contribution in [3.63, 3.8) is 0 Å². The molecule has 0 N–H and O–H groups in total. The van der Waals surface area contributed by atoms with E-state index in [2.05, 4.69) is 4.74 Å². The van der Waals surface area contributed by atoms with Crippen LogP contribution in [-0.2, 0) is 20.3 Å². The molecule has 13 heteroatoms. The summed E-state index contributed by atoms with van der Waals surface area (Å²) < 4.78 is 151. The Balaban J connectivity index is 1.32. The monoisotopic (exact) mass is 642 g/mol. The largest absolute Gasteiger partial charge is 0.432 e. The molecular weight excluding hydrogens is 619 g/mol. The van der Waals surface area contributed by atoms with Crippen molar-refractivity contribution in [3.05, 3.63) is 113 Å². The highest BCUT2D eigenvalue weighted by molar-refractivity contribution is 5.72. The van der Waals surface area contributed by atoms with Gasteiger partial charge < -0.3 is 18.9 Å². The first-order valence-electron chi connectivity index (χ1n) is 13.5. The number of hydrogen-bond acceptors (Lipinski definition) is 4. The van der Waals surface area contributed by atoms with E-state index in [0.717, 1.165) is 30.7 Å². The standard InChI is InChI=1S/C32H23F9O4/c1-2-7-42-20-14-43-31(44-15-20)18-11-25(35)29(26(36)12-18)32(40,41)45-19-4-6-21(24(34)13-19)16-3-5-22(23(33)8-16)17-9-27(37)30(39)28(38)10-17/h3-6,8-13,20,31H,2,7,14-15H2,1H3. The van der Waals surface area contributed by atoms with Gasteiger partial charge in [-0.3, -0.25) is 0 Å². The zero-order chi connectivity index (χ0) is 32.5. The Hall–Kier alpha value is -4.07. The molecule has 0 aliphatic carbocycles. The first kappa shape index (κ1) is 32.3. The van der Waals surface area contributed by atoms with Gasteiger partial charge in [-0.1, -0.05) is 19.1 Å². The van der Waals surface area contributed by atoms with Crippen LogP contribution in [0, 0.1) is 40.7 Å². The minimum atomic E-state index is -4.60. The molecule has 1 saturated heterocycles. The molecule has 0 bridgehead atoms. The number of hydrogen-bond donors (Lipinski definition) is 0. The molecule has 1 fully saturated rings. The van der Waals surface area contributed by atoms with E-state index in [-0.39, 0.29) is 41.0 Å². The molecule has 1 aliphatic rings. The van der Waals surface area contributed by atoms with E-state index in [1.807, 2.05) is 6.92 Å². The molecule has 4 aromatic rings. The Morgan fingerprint density at radius 3 is 1.82 bits per heavy atom. The van der Waals surface area contributed by atoms with Crippen LogP contribution in [0.5, 0.6) is 5.75 Å². The van der Waals surface area contributed by atoms with Crippen molar-refractivity contribution >= 4 is 0 Å². The predicted molar refractivity (Wildman–Crippen MR) is 143 cm³/mol. The Bertz CT molecular complexity index is 1660. The maximum Gasteiger partial charge on any atom is 0.432 e. The van der Waals surface area contributed by atoms with Gasteiger partial charge >= 0.3 is 6.11 Å². The van der Waals surface area contributed by atoms with Crippen LogP contribution in [0.25, 0.3) is 22.3 Å². The van der Waals surface area contributed by atoms with Gasteiger partial charge in [0.15, 0.2) is 23.7 Å². The van der Waals surface area contributed by atoms with Gasteiger partial charge in [0.2, 0.25) is 0 Å². The highest BCUT2D eigenvalue weighted by atomic mass is 19.3. The summed E-state index contributed by atoms with van der Waals surface area (Å²) in [6.45, 7) is 2.48. The number of benzene rings is 4. The van der Waals surface area contributed by atoms with Crippen LogP contribution in [-0.4, -0.2) is 25.9 Å². The Kier molecular flexibility index (Phi) is 9.42. The van der Waals surface area contributed by atoms with E-state index in [4.69, 9.17) is 14.2 Å². The van der Waals surface area contributed by atoms with E-state index in [1.165, 1.54) is 6.07 Å². The molecule has 5 rings (SSSR count). The molecule has 1 heterocycles. The molecule has 0 amide bonds. The third-order valence-corrected chi connectivity index (χ3v) is 6.81. The lowest BCUT2D eigenvalue weighted by atomic mass is 9.99. The summed E-state index contributed by atoms with van der Waals surface area (Å²) in [4.78, 5) is 0. The summed E-state index contributed by atoms with van der Waals surface area (Å²) in [5.41, 5.74) is -2.96. The topological polar surface area (TPSA) is 36.9 Å². The summed E-state index contributed by atoms with van der Waals surface area (Å²) >= 11 is 0. The van der Waals surface area contributed by atoms with E-state index in [9.17, 15) is 39.5 Å². The third-order valence-electron chi connectivity index (χ3n) is 6.81. The van der Waals surface area contributed by atoms with Gasteiger partial charge in [0.05, 0.1) is 13.2 Å². The fraction of sp³-hybridized carbons (Fsp3) is 0.250. The zero-order valence-corrected chi connectivity index (χ0v) is 23.3. The average Bonchev–Trinajstić information content (AvgIpc) is 2.98. The molecule has 0 atom stereocenters. The quantitative estimate of drug-likeness (QED) is 0.135. The smallest absolute Gasteiger partial charge is 0.429 e. The van der Waals surface area contributed by atoms with Gasteiger partial charge in [-0.25, -0.2) is 30.7 Å². The van der Waals surface area contributed by atoms with Crippen molar-refractivity contribution in [3.8, 4) is 28.0 Å². The summed E-state index contributed by atoms with van der Waals surface area (Å²) in [6, 6.07) is 7.77. The second-order valence-electron chi connectivity index (χ2n) is 10.1. The number of ether oxygens (including phenoxy) is 4. The average molecular weight is 643 g/mol. The van der Waals surface area contributed by atoms with Gasteiger partial charge in [-0.15, -0.1) is 0 Å². The van der Waals surface area contributed by atoms with Gasteiger partial charge in [-0.05, 0) is 60.0 Å². The maximum atomic E-state index is 15.0. The third kappa shape index (κ3) is 6.95.